The lowest BCUT2D eigenvalue weighted by atomic mass is 10.1. The van der Waals surface area contributed by atoms with Crippen LogP contribution in [0.15, 0.2) is 12.1 Å². The summed E-state index contributed by atoms with van der Waals surface area (Å²) in [6.45, 7) is 6.34. The number of nitrogens with two attached hydrogens (primary N) is 1. The van der Waals surface area contributed by atoms with Gasteiger partial charge in [0.2, 0.25) is 0 Å². The molecule has 1 aromatic heterocycles. The zero-order valence-corrected chi connectivity index (χ0v) is 12.9. The molecule has 1 aliphatic heterocycles. The van der Waals surface area contributed by atoms with Gasteiger partial charge < -0.3 is 15.0 Å². The Morgan fingerprint density at radius 3 is 2.95 bits per heavy atom. The minimum Gasteiger partial charge on any atom is -0.464 e. The first-order valence-electron chi connectivity index (χ1n) is 6.91. The molecule has 0 aromatic carbocycles. The van der Waals surface area contributed by atoms with Crippen LogP contribution in [-0.4, -0.2) is 43.2 Å². The Labute approximate surface area is 124 Å². The summed E-state index contributed by atoms with van der Waals surface area (Å²) in [5.74, 6) is -0.468. The van der Waals surface area contributed by atoms with Gasteiger partial charge in [-0.05, 0) is 25.5 Å². The molecule has 1 saturated heterocycles. The van der Waals surface area contributed by atoms with Crippen molar-refractivity contribution >= 4 is 23.3 Å². The monoisotopic (exact) mass is 298 g/mol. The first-order valence-corrected chi connectivity index (χ1v) is 7.29. The molecule has 1 fully saturated rings. The van der Waals surface area contributed by atoms with E-state index in [9.17, 15) is 4.79 Å². The second-order valence-corrected chi connectivity index (χ2v) is 5.50. The molecule has 1 aliphatic rings. The van der Waals surface area contributed by atoms with Crippen LogP contribution in [0.3, 0.4) is 0 Å². The van der Waals surface area contributed by atoms with Crippen molar-refractivity contribution in [2.24, 2.45) is 0 Å². The minimum absolute atomic E-state index is 0.240. The Morgan fingerprint density at radius 1 is 1.60 bits per heavy atom. The van der Waals surface area contributed by atoms with Crippen molar-refractivity contribution in [1.29, 1.82) is 0 Å². The van der Waals surface area contributed by atoms with E-state index in [0.717, 1.165) is 25.2 Å². The van der Waals surface area contributed by atoms with Crippen molar-refractivity contribution in [3.8, 4) is 0 Å². The summed E-state index contributed by atoms with van der Waals surface area (Å²) in [4.78, 5) is 17.9. The summed E-state index contributed by atoms with van der Waals surface area (Å²) < 4.78 is 4.65. The van der Waals surface area contributed by atoms with Crippen LogP contribution >= 0.6 is 11.6 Å². The van der Waals surface area contributed by atoms with Gasteiger partial charge in [0, 0.05) is 0 Å². The van der Waals surface area contributed by atoms with Crippen LogP contribution in [-0.2, 0) is 4.74 Å². The molecular weight excluding hydrogens is 278 g/mol. The van der Waals surface area contributed by atoms with Crippen LogP contribution in [0, 0.1) is 0 Å². The topological polar surface area (TPSA) is 59.0 Å². The van der Waals surface area contributed by atoms with E-state index in [1.165, 1.54) is 7.11 Å². The fourth-order valence-electron chi connectivity index (χ4n) is 2.51. The molecule has 0 spiro atoms. The van der Waals surface area contributed by atoms with Crippen molar-refractivity contribution in [3.05, 3.63) is 23.0 Å². The highest BCUT2D eigenvalue weighted by Gasteiger charge is 2.29. The molecule has 110 valence electrons. The van der Waals surface area contributed by atoms with Gasteiger partial charge in [-0.1, -0.05) is 18.5 Å². The maximum atomic E-state index is 11.5. The smallest absolute Gasteiger partial charge is 0.356 e. The molecule has 6 heteroatoms. The maximum absolute atomic E-state index is 11.5. The number of piperazine rings is 1. The van der Waals surface area contributed by atoms with Gasteiger partial charge in [0.1, 0.15) is 11.7 Å². The van der Waals surface area contributed by atoms with E-state index in [1.54, 1.807) is 6.07 Å². The third kappa shape index (κ3) is 3.04. The van der Waals surface area contributed by atoms with Gasteiger partial charge in [-0.25, -0.2) is 9.78 Å². The van der Waals surface area contributed by atoms with Crippen LogP contribution in [0.25, 0.3) is 0 Å². The summed E-state index contributed by atoms with van der Waals surface area (Å²) in [5, 5.41) is 2.74. The second kappa shape index (κ2) is 6.41. The Hall–Kier alpha value is -1.33. The zero-order chi connectivity index (χ0) is 14.7. The standard InChI is InChI=1S/C14H20ClN3O2/c1-4-10-8-18(9(2)7-16-10)12-6-5-11(14(19)20-3)17-13(12)15/h5-6,9-10,16H,4,7-8H2,1-3H3/p+1/t9-,10+/m1/s1. The number of halogens is 1. The number of hydrogen-bond acceptors (Lipinski definition) is 4. The van der Waals surface area contributed by atoms with Gasteiger partial charge in [-0.3, -0.25) is 0 Å². The first kappa shape index (κ1) is 15.1. The van der Waals surface area contributed by atoms with E-state index < -0.39 is 5.97 Å². The van der Waals surface area contributed by atoms with E-state index in [4.69, 9.17) is 11.6 Å². The summed E-state index contributed by atoms with van der Waals surface area (Å²) in [7, 11) is 1.33. The molecule has 2 atom stereocenters. The van der Waals surface area contributed by atoms with Crippen molar-refractivity contribution in [2.75, 3.05) is 25.1 Å². The van der Waals surface area contributed by atoms with Crippen LogP contribution < -0.4 is 10.2 Å². The van der Waals surface area contributed by atoms with E-state index in [2.05, 4.69) is 33.8 Å². The second-order valence-electron chi connectivity index (χ2n) is 5.14. The predicted molar refractivity (Wildman–Crippen MR) is 78.3 cm³/mol. The number of esters is 1. The third-order valence-corrected chi connectivity index (χ3v) is 4.11. The summed E-state index contributed by atoms with van der Waals surface area (Å²) >= 11 is 6.25. The van der Waals surface area contributed by atoms with Crippen molar-refractivity contribution in [3.63, 3.8) is 0 Å². The lowest BCUT2D eigenvalue weighted by Crippen LogP contribution is -2.96. The molecule has 2 heterocycles. The average Bonchev–Trinajstić information content (AvgIpc) is 2.47. The van der Waals surface area contributed by atoms with Crippen molar-refractivity contribution in [1.82, 2.24) is 4.98 Å². The number of rotatable bonds is 3. The molecular formula is C14H21ClN3O2+. The number of anilines is 1. The number of carbonyl (C=O) groups is 1. The molecule has 0 saturated carbocycles. The molecule has 2 N–H and O–H groups in total. The summed E-state index contributed by atoms with van der Waals surface area (Å²) in [5.41, 5.74) is 1.13. The number of ether oxygens (including phenoxy) is 1. The number of hydrogen-bond donors (Lipinski definition) is 1. The molecule has 20 heavy (non-hydrogen) atoms. The molecule has 0 amide bonds. The molecule has 0 radical (unpaired) electrons. The van der Waals surface area contributed by atoms with Gasteiger partial charge in [0.25, 0.3) is 0 Å². The molecule has 0 bridgehead atoms. The van der Waals surface area contributed by atoms with Gasteiger partial charge in [0.05, 0.1) is 31.9 Å². The molecule has 1 aromatic rings. The van der Waals surface area contributed by atoms with Crippen LogP contribution in [0.4, 0.5) is 5.69 Å². The van der Waals surface area contributed by atoms with E-state index in [0.29, 0.717) is 17.2 Å². The van der Waals surface area contributed by atoms with Crippen LogP contribution in [0.2, 0.25) is 5.15 Å². The van der Waals surface area contributed by atoms with E-state index >= 15 is 0 Å². The van der Waals surface area contributed by atoms with Crippen LogP contribution in [0.5, 0.6) is 0 Å². The fourth-order valence-corrected chi connectivity index (χ4v) is 2.78. The Bertz CT molecular complexity index is 495. The SMILES string of the molecule is CC[C@H]1CN(c2ccc(C(=O)OC)nc2Cl)[C@H](C)C[NH2+]1. The molecule has 5 nitrogen and oxygen atoms in total. The number of aromatic nitrogens is 1. The number of quaternary nitrogens is 1. The average molecular weight is 299 g/mol. The van der Waals surface area contributed by atoms with Gasteiger partial charge in [-0.15, -0.1) is 0 Å². The first-order chi connectivity index (χ1) is 9.56. The van der Waals surface area contributed by atoms with Gasteiger partial charge in [-0.2, -0.15) is 0 Å². The summed E-state index contributed by atoms with van der Waals surface area (Å²) in [6, 6.07) is 4.48. The highest BCUT2D eigenvalue weighted by Crippen LogP contribution is 2.27. The summed E-state index contributed by atoms with van der Waals surface area (Å²) in [6.07, 6.45) is 1.12. The van der Waals surface area contributed by atoms with Gasteiger partial charge in [0.15, 0.2) is 5.15 Å². The minimum atomic E-state index is -0.468. The number of nitrogens with zero attached hydrogens (tertiary/aromatic N) is 2. The third-order valence-electron chi connectivity index (χ3n) is 3.83. The fraction of sp³-hybridized carbons (Fsp3) is 0.571. The van der Waals surface area contributed by atoms with Crippen LogP contribution in [0.1, 0.15) is 30.8 Å². The van der Waals surface area contributed by atoms with Crippen molar-refractivity contribution < 1.29 is 14.8 Å². The highest BCUT2D eigenvalue weighted by atomic mass is 35.5. The lowest BCUT2D eigenvalue weighted by Gasteiger charge is -2.37. The van der Waals surface area contributed by atoms with E-state index in [-0.39, 0.29) is 5.69 Å². The van der Waals surface area contributed by atoms with Gasteiger partial charge >= 0.3 is 5.97 Å². The quantitative estimate of drug-likeness (QED) is 0.670. The number of pyridine rings is 1. The lowest BCUT2D eigenvalue weighted by molar-refractivity contribution is -0.694. The maximum Gasteiger partial charge on any atom is 0.356 e. The molecule has 2 rings (SSSR count). The zero-order valence-electron chi connectivity index (χ0n) is 12.1. The number of methoxy groups -OCH3 is 1. The predicted octanol–water partition coefficient (Wildman–Crippen LogP) is 1.07. The largest absolute Gasteiger partial charge is 0.464 e. The normalized spacial score (nSPS) is 22.7. The van der Waals surface area contributed by atoms with Crippen molar-refractivity contribution in [2.45, 2.75) is 32.4 Å². The Kier molecular flexibility index (Phi) is 4.83. The Balaban J connectivity index is 2.25. The Morgan fingerprint density at radius 2 is 2.35 bits per heavy atom. The highest BCUT2D eigenvalue weighted by molar-refractivity contribution is 6.32. The number of carbonyl (C=O) groups excluding carboxylic acids is 1. The molecule has 0 aliphatic carbocycles. The van der Waals surface area contributed by atoms with E-state index in [1.807, 2.05) is 6.07 Å². The molecule has 0 unspecified atom stereocenters.